The van der Waals surface area contributed by atoms with Gasteiger partial charge in [0.25, 0.3) is 0 Å². The summed E-state index contributed by atoms with van der Waals surface area (Å²) >= 11 is 0. The van der Waals surface area contributed by atoms with Crippen molar-refractivity contribution in [3.8, 4) is 5.75 Å². The molecule has 1 aromatic carbocycles. The number of nitrogens with one attached hydrogen (secondary N) is 2. The average molecular weight is 465 g/mol. The first-order valence-corrected chi connectivity index (χ1v) is 12.7. The Morgan fingerprint density at radius 2 is 1.91 bits per heavy atom. The second kappa shape index (κ2) is 10.5. The number of guanidine groups is 2. The van der Waals surface area contributed by atoms with Gasteiger partial charge in [-0.15, -0.1) is 0 Å². The largest absolute Gasteiger partial charge is 0.494 e. The zero-order valence-corrected chi connectivity index (χ0v) is 20.4. The van der Waals surface area contributed by atoms with E-state index in [9.17, 15) is 8.42 Å². The van der Waals surface area contributed by atoms with Gasteiger partial charge in [0.15, 0.2) is 0 Å². The molecule has 9 nitrogen and oxygen atoms in total. The minimum absolute atomic E-state index is 0.177. The molecule has 0 aromatic heterocycles. The number of rotatable bonds is 7. The lowest BCUT2D eigenvalue weighted by Crippen LogP contribution is -2.61. The average Bonchev–Trinajstić information content (AvgIpc) is 2.71. The Hall–Kier alpha value is -2.33. The van der Waals surface area contributed by atoms with E-state index in [-0.39, 0.29) is 11.9 Å². The van der Waals surface area contributed by atoms with Crippen LogP contribution >= 0.6 is 0 Å². The van der Waals surface area contributed by atoms with E-state index in [0.717, 1.165) is 16.6 Å². The molecule has 0 spiro atoms. The fourth-order valence-corrected chi connectivity index (χ4v) is 4.40. The van der Waals surface area contributed by atoms with E-state index in [1.165, 1.54) is 45.0 Å². The number of hydrogen-bond donors (Lipinski definition) is 2. The predicted octanol–water partition coefficient (Wildman–Crippen LogP) is 2.32. The summed E-state index contributed by atoms with van der Waals surface area (Å²) in [7, 11) is -2.26. The molecule has 0 unspecified atom stereocenters. The Morgan fingerprint density at radius 3 is 2.62 bits per heavy atom. The lowest BCUT2D eigenvalue weighted by atomic mass is 10.1. The monoisotopic (exact) mass is 464 g/mol. The molecular formula is C22H36N6O3S. The van der Waals surface area contributed by atoms with Crippen LogP contribution in [0.3, 0.4) is 0 Å². The molecule has 0 atom stereocenters. The fourth-order valence-electron chi connectivity index (χ4n) is 3.59. The van der Waals surface area contributed by atoms with E-state index >= 15 is 0 Å². The molecule has 3 rings (SSSR count). The topological polar surface area (TPSA) is 98.6 Å². The van der Waals surface area contributed by atoms with Gasteiger partial charge in [0.1, 0.15) is 5.75 Å². The van der Waals surface area contributed by atoms with E-state index in [1.54, 1.807) is 0 Å². The standard InChI is InChI=1S/C22H36N6O3S/c1-22(2,3)25-20-24-21(27(4)32(29,30)26-20)23-12-9-15-31-19-11-8-10-18(16-19)17-28-13-6-5-7-14-28/h8,10-11,16H,5-7,9,12-15,17H2,1-4H3,(H2,23,24,25,26). The van der Waals surface area contributed by atoms with Gasteiger partial charge in [0.2, 0.25) is 11.9 Å². The molecule has 2 fully saturated rings. The molecule has 0 bridgehead atoms. The van der Waals surface area contributed by atoms with Gasteiger partial charge in [-0.1, -0.05) is 18.6 Å². The van der Waals surface area contributed by atoms with Gasteiger partial charge in [-0.05, 0) is 64.4 Å². The van der Waals surface area contributed by atoms with Gasteiger partial charge in [-0.25, -0.2) is 14.0 Å². The summed E-state index contributed by atoms with van der Waals surface area (Å²) in [5.74, 6) is 1.28. The maximum Gasteiger partial charge on any atom is 0.328 e. The van der Waals surface area contributed by atoms with Crippen LogP contribution in [0.2, 0.25) is 0 Å². The van der Waals surface area contributed by atoms with Crippen molar-refractivity contribution in [2.24, 2.45) is 9.98 Å². The molecule has 2 aliphatic rings. The summed E-state index contributed by atoms with van der Waals surface area (Å²) < 4.78 is 34.0. The summed E-state index contributed by atoms with van der Waals surface area (Å²) in [4.78, 5) is 11.3. The second-order valence-corrected chi connectivity index (χ2v) is 10.9. The SMILES string of the molecule is CN1C(=NCCCOc2cccc(CN3CCCCC3)c2)NC(=NC(C)(C)C)NS1(=O)=O. The number of nitrogens with zero attached hydrogens (tertiary/aromatic N) is 4. The van der Waals surface area contributed by atoms with E-state index in [4.69, 9.17) is 4.74 Å². The number of aliphatic imine (C=N–C) groups is 2. The molecule has 0 aliphatic carbocycles. The lowest BCUT2D eigenvalue weighted by Gasteiger charge is -2.30. The van der Waals surface area contributed by atoms with Crippen molar-refractivity contribution < 1.29 is 13.2 Å². The van der Waals surface area contributed by atoms with Gasteiger partial charge in [0.05, 0.1) is 12.1 Å². The Labute approximate surface area is 192 Å². The van der Waals surface area contributed by atoms with Crippen molar-refractivity contribution in [2.75, 3.05) is 33.3 Å². The van der Waals surface area contributed by atoms with Gasteiger partial charge in [-0.3, -0.25) is 15.2 Å². The van der Waals surface area contributed by atoms with Crippen LogP contribution in [0, 0.1) is 0 Å². The van der Waals surface area contributed by atoms with Crippen LogP contribution in [0.15, 0.2) is 34.3 Å². The zero-order chi connectivity index (χ0) is 23.2. The molecule has 0 amide bonds. The number of benzene rings is 1. The summed E-state index contributed by atoms with van der Waals surface area (Å²) in [6.07, 6.45) is 4.56. The number of likely N-dealkylation sites (tertiary alicyclic amines) is 1. The van der Waals surface area contributed by atoms with Crippen molar-refractivity contribution in [3.05, 3.63) is 29.8 Å². The van der Waals surface area contributed by atoms with Crippen LogP contribution < -0.4 is 14.8 Å². The first kappa shape index (κ1) is 24.3. The van der Waals surface area contributed by atoms with Gasteiger partial charge >= 0.3 is 10.2 Å². The summed E-state index contributed by atoms with van der Waals surface area (Å²) in [6, 6.07) is 8.24. The highest BCUT2D eigenvalue weighted by molar-refractivity contribution is 7.88. The van der Waals surface area contributed by atoms with Crippen molar-refractivity contribution >= 4 is 22.1 Å². The Balaban J connectivity index is 1.50. The van der Waals surface area contributed by atoms with Crippen LogP contribution in [0.25, 0.3) is 0 Å². The minimum atomic E-state index is -3.71. The summed E-state index contributed by atoms with van der Waals surface area (Å²) in [5, 5.41) is 2.96. The summed E-state index contributed by atoms with van der Waals surface area (Å²) in [5.41, 5.74) is 0.837. The van der Waals surface area contributed by atoms with E-state index in [1.807, 2.05) is 32.9 Å². The minimum Gasteiger partial charge on any atom is -0.494 e. The van der Waals surface area contributed by atoms with Crippen LogP contribution in [-0.2, 0) is 16.8 Å². The summed E-state index contributed by atoms with van der Waals surface area (Å²) in [6.45, 7) is 9.91. The van der Waals surface area contributed by atoms with Crippen LogP contribution in [0.4, 0.5) is 0 Å². The zero-order valence-electron chi connectivity index (χ0n) is 19.6. The molecule has 2 N–H and O–H groups in total. The third kappa shape index (κ3) is 7.37. The van der Waals surface area contributed by atoms with Crippen LogP contribution in [0.1, 0.15) is 52.0 Å². The quantitative estimate of drug-likeness (QED) is 0.604. The maximum atomic E-state index is 12.3. The van der Waals surface area contributed by atoms with E-state index in [0.29, 0.717) is 19.6 Å². The van der Waals surface area contributed by atoms with Crippen molar-refractivity contribution in [1.29, 1.82) is 0 Å². The predicted molar refractivity (Wildman–Crippen MR) is 128 cm³/mol. The van der Waals surface area contributed by atoms with Crippen LogP contribution in [-0.4, -0.2) is 68.4 Å². The Bertz CT molecular complexity index is 933. The highest BCUT2D eigenvalue weighted by atomic mass is 32.2. The molecule has 0 saturated carbocycles. The molecule has 32 heavy (non-hydrogen) atoms. The molecule has 178 valence electrons. The third-order valence-electron chi connectivity index (χ3n) is 5.15. The maximum absolute atomic E-state index is 12.3. The molecule has 1 aromatic rings. The van der Waals surface area contributed by atoms with Crippen LogP contribution in [0.5, 0.6) is 5.75 Å². The third-order valence-corrected chi connectivity index (χ3v) is 6.49. The molecule has 2 saturated heterocycles. The fraction of sp³-hybridized carbons (Fsp3) is 0.636. The Morgan fingerprint density at radius 1 is 1.16 bits per heavy atom. The lowest BCUT2D eigenvalue weighted by molar-refractivity contribution is 0.220. The number of ether oxygens (including phenoxy) is 1. The normalized spacial score (nSPS) is 21.9. The highest BCUT2D eigenvalue weighted by Gasteiger charge is 2.30. The molecule has 2 aliphatic heterocycles. The molecular weight excluding hydrogens is 428 g/mol. The highest BCUT2D eigenvalue weighted by Crippen LogP contribution is 2.18. The van der Waals surface area contributed by atoms with Crippen molar-refractivity contribution in [1.82, 2.24) is 19.2 Å². The molecule has 0 radical (unpaired) electrons. The van der Waals surface area contributed by atoms with Gasteiger partial charge in [0, 0.05) is 26.6 Å². The first-order chi connectivity index (χ1) is 15.1. The number of hydrogen-bond acceptors (Lipinski definition) is 6. The smallest absolute Gasteiger partial charge is 0.328 e. The van der Waals surface area contributed by atoms with Gasteiger partial charge < -0.3 is 4.74 Å². The van der Waals surface area contributed by atoms with Crippen molar-refractivity contribution in [2.45, 2.75) is 58.5 Å². The first-order valence-electron chi connectivity index (χ1n) is 11.2. The molecule has 10 heteroatoms. The van der Waals surface area contributed by atoms with Gasteiger partial charge in [-0.2, -0.15) is 8.42 Å². The van der Waals surface area contributed by atoms with E-state index in [2.05, 4.69) is 37.1 Å². The van der Waals surface area contributed by atoms with Crippen molar-refractivity contribution in [3.63, 3.8) is 0 Å². The number of piperidine rings is 1. The molecule has 2 heterocycles. The van der Waals surface area contributed by atoms with E-state index < -0.39 is 15.7 Å². The Kier molecular flexibility index (Phi) is 8.00. The second-order valence-electron chi connectivity index (χ2n) is 9.22.